The van der Waals surface area contributed by atoms with Gasteiger partial charge in [-0.15, -0.1) is 0 Å². The van der Waals surface area contributed by atoms with E-state index in [1.165, 1.54) is 0 Å². The van der Waals surface area contributed by atoms with Gasteiger partial charge in [0, 0.05) is 18.9 Å². The van der Waals surface area contributed by atoms with Crippen LogP contribution in [0.4, 0.5) is 4.79 Å². The van der Waals surface area contributed by atoms with E-state index in [1.54, 1.807) is 6.92 Å². The first kappa shape index (κ1) is 27.4. The first-order valence-corrected chi connectivity index (χ1v) is 13.3. The summed E-state index contributed by atoms with van der Waals surface area (Å²) in [5.41, 5.74) is 3.65. The molecule has 1 aliphatic carbocycles. The molecule has 0 spiro atoms. The van der Waals surface area contributed by atoms with Crippen LogP contribution < -0.4 is 10.6 Å². The van der Waals surface area contributed by atoms with Crippen LogP contribution in [0.1, 0.15) is 36.0 Å². The monoisotopic (exact) mass is 544 g/mol. The molecule has 40 heavy (non-hydrogen) atoms. The van der Waals surface area contributed by atoms with Crippen LogP contribution in [-0.2, 0) is 30.4 Å². The molecule has 3 atom stereocenters. The first-order chi connectivity index (χ1) is 19.4. The zero-order valence-corrected chi connectivity index (χ0v) is 22.2. The van der Waals surface area contributed by atoms with Crippen LogP contribution in [-0.4, -0.2) is 60.6 Å². The van der Waals surface area contributed by atoms with Crippen LogP contribution in [0.2, 0.25) is 0 Å². The minimum Gasteiger partial charge on any atom is -0.479 e. The van der Waals surface area contributed by atoms with Crippen LogP contribution in [0.3, 0.4) is 0 Å². The lowest BCUT2D eigenvalue weighted by Crippen LogP contribution is -2.62. The van der Waals surface area contributed by atoms with Crippen LogP contribution in [0.25, 0.3) is 11.1 Å². The van der Waals surface area contributed by atoms with Crippen LogP contribution in [0.5, 0.6) is 0 Å². The number of carbonyl (C=O) groups excluding carboxylic acids is 2. The number of hydrogen-bond donors (Lipinski definition) is 3. The second-order valence-corrected chi connectivity index (χ2v) is 10.1. The zero-order valence-electron chi connectivity index (χ0n) is 22.2. The topological polar surface area (TPSA) is 123 Å². The maximum absolute atomic E-state index is 13.4. The Balaban J connectivity index is 1.29. The van der Waals surface area contributed by atoms with E-state index in [0.29, 0.717) is 0 Å². The summed E-state index contributed by atoms with van der Waals surface area (Å²) in [5, 5.41) is 15.0. The molecule has 0 aromatic heterocycles. The van der Waals surface area contributed by atoms with Crippen LogP contribution >= 0.6 is 0 Å². The van der Waals surface area contributed by atoms with Crippen molar-refractivity contribution in [1.29, 1.82) is 0 Å². The average Bonchev–Trinajstić information content (AvgIpc) is 3.57. The fraction of sp³-hybridized carbons (Fsp3) is 0.323. The van der Waals surface area contributed by atoms with Gasteiger partial charge in [0.2, 0.25) is 5.91 Å². The SMILES string of the molecule is CC(OCc1ccccc1)C(NC(=O)OCC1c2ccccc2-c2ccccc21)C(=O)NC1(C(=O)O)CCOC1. The molecule has 1 aliphatic heterocycles. The second-order valence-electron chi connectivity index (χ2n) is 10.1. The number of hydrogen-bond acceptors (Lipinski definition) is 6. The predicted molar refractivity (Wildman–Crippen MR) is 147 cm³/mol. The Morgan fingerprint density at radius 2 is 1.60 bits per heavy atom. The van der Waals surface area contributed by atoms with E-state index in [4.69, 9.17) is 14.2 Å². The molecule has 1 saturated heterocycles. The lowest BCUT2D eigenvalue weighted by atomic mass is 9.97. The number of carboxylic acid groups (broad SMARTS) is 1. The third kappa shape index (κ3) is 5.71. The Labute approximate surface area is 232 Å². The molecule has 2 amide bonds. The van der Waals surface area contributed by atoms with Gasteiger partial charge in [0.15, 0.2) is 5.54 Å². The van der Waals surface area contributed by atoms with Crippen molar-refractivity contribution in [2.45, 2.75) is 43.6 Å². The third-order valence-electron chi connectivity index (χ3n) is 7.52. The summed E-state index contributed by atoms with van der Waals surface area (Å²) in [6, 6.07) is 24.2. The van der Waals surface area contributed by atoms with Crippen molar-refractivity contribution in [3.8, 4) is 11.1 Å². The standard InChI is InChI=1S/C31H32N2O7/c1-20(39-17-21-9-3-2-4-10-21)27(28(34)33-31(29(35)36)15-16-38-19-31)32-30(37)40-18-26-24-13-7-5-11-22(24)23-12-6-8-14-25(23)26/h2-14,20,26-27H,15-19H2,1H3,(H,32,37)(H,33,34)(H,35,36). The second kappa shape index (κ2) is 11.9. The van der Waals surface area contributed by atoms with E-state index >= 15 is 0 Å². The maximum atomic E-state index is 13.4. The van der Waals surface area contributed by atoms with Gasteiger partial charge in [0.1, 0.15) is 12.6 Å². The molecule has 0 radical (unpaired) electrons. The molecule has 0 bridgehead atoms. The van der Waals surface area contributed by atoms with Gasteiger partial charge in [0.05, 0.1) is 19.3 Å². The molecule has 1 heterocycles. The minimum absolute atomic E-state index is 0.0698. The van der Waals surface area contributed by atoms with Crippen molar-refractivity contribution in [1.82, 2.24) is 10.6 Å². The molecule has 208 valence electrons. The van der Waals surface area contributed by atoms with Crippen LogP contribution in [0.15, 0.2) is 78.9 Å². The van der Waals surface area contributed by atoms with Crippen molar-refractivity contribution in [3.63, 3.8) is 0 Å². The molecule has 2 aliphatic rings. The highest BCUT2D eigenvalue weighted by Gasteiger charge is 2.46. The Morgan fingerprint density at radius 3 is 2.20 bits per heavy atom. The molecule has 9 nitrogen and oxygen atoms in total. The quantitative estimate of drug-likeness (QED) is 0.354. The molecule has 0 saturated carbocycles. The van der Waals surface area contributed by atoms with Gasteiger partial charge >= 0.3 is 12.1 Å². The van der Waals surface area contributed by atoms with Crippen LogP contribution in [0, 0.1) is 0 Å². The smallest absolute Gasteiger partial charge is 0.407 e. The van der Waals surface area contributed by atoms with Gasteiger partial charge in [-0.05, 0) is 34.7 Å². The molecule has 1 fully saturated rings. The number of rotatable bonds is 10. The Kier molecular flexibility index (Phi) is 8.14. The Morgan fingerprint density at radius 1 is 0.975 bits per heavy atom. The van der Waals surface area contributed by atoms with Gasteiger partial charge in [-0.25, -0.2) is 9.59 Å². The van der Waals surface area contributed by atoms with Crippen molar-refractivity contribution >= 4 is 18.0 Å². The molecular weight excluding hydrogens is 512 g/mol. The van der Waals surface area contributed by atoms with Gasteiger partial charge in [-0.1, -0.05) is 78.9 Å². The maximum Gasteiger partial charge on any atom is 0.407 e. The molecule has 3 unspecified atom stereocenters. The molecule has 5 rings (SSSR count). The van der Waals surface area contributed by atoms with E-state index in [2.05, 4.69) is 10.6 Å². The number of amides is 2. The Bertz CT molecular complexity index is 1330. The fourth-order valence-electron chi connectivity index (χ4n) is 5.26. The first-order valence-electron chi connectivity index (χ1n) is 13.3. The largest absolute Gasteiger partial charge is 0.479 e. The van der Waals surface area contributed by atoms with E-state index in [1.807, 2.05) is 78.9 Å². The molecule has 3 N–H and O–H groups in total. The van der Waals surface area contributed by atoms with E-state index in [9.17, 15) is 19.5 Å². The number of fused-ring (bicyclic) bond motifs is 3. The minimum atomic E-state index is -1.57. The summed E-state index contributed by atoms with van der Waals surface area (Å²) in [6.07, 6.45) is -1.48. The van der Waals surface area contributed by atoms with Crippen molar-refractivity contribution in [2.24, 2.45) is 0 Å². The Hall–Kier alpha value is -4.21. The van der Waals surface area contributed by atoms with Crippen molar-refractivity contribution < 1.29 is 33.7 Å². The summed E-state index contributed by atoms with van der Waals surface area (Å²) in [6.45, 7) is 1.96. The zero-order chi connectivity index (χ0) is 28.1. The van der Waals surface area contributed by atoms with Gasteiger partial charge in [-0.2, -0.15) is 0 Å². The third-order valence-corrected chi connectivity index (χ3v) is 7.52. The van der Waals surface area contributed by atoms with E-state index in [0.717, 1.165) is 27.8 Å². The number of aliphatic carboxylic acids is 1. The van der Waals surface area contributed by atoms with Crippen molar-refractivity contribution in [3.05, 3.63) is 95.6 Å². The number of alkyl carbamates (subject to hydrolysis) is 1. The van der Waals surface area contributed by atoms with Gasteiger partial charge < -0.3 is 30.0 Å². The fourth-order valence-corrected chi connectivity index (χ4v) is 5.26. The van der Waals surface area contributed by atoms with Gasteiger partial charge in [0.25, 0.3) is 0 Å². The lowest BCUT2D eigenvalue weighted by molar-refractivity contribution is -0.148. The highest BCUT2D eigenvalue weighted by molar-refractivity contribution is 5.92. The average molecular weight is 545 g/mol. The number of ether oxygens (including phenoxy) is 3. The normalized spacial score (nSPS) is 19.2. The molecule has 3 aromatic carbocycles. The number of benzene rings is 3. The van der Waals surface area contributed by atoms with E-state index in [-0.39, 0.29) is 38.8 Å². The lowest BCUT2D eigenvalue weighted by Gasteiger charge is -2.29. The number of nitrogens with one attached hydrogen (secondary N) is 2. The summed E-state index contributed by atoms with van der Waals surface area (Å²) in [4.78, 5) is 38.5. The van der Waals surface area contributed by atoms with Crippen molar-refractivity contribution in [2.75, 3.05) is 19.8 Å². The molecule has 3 aromatic rings. The summed E-state index contributed by atoms with van der Waals surface area (Å²) >= 11 is 0. The summed E-state index contributed by atoms with van der Waals surface area (Å²) in [7, 11) is 0. The summed E-state index contributed by atoms with van der Waals surface area (Å²) in [5.74, 6) is -2.04. The summed E-state index contributed by atoms with van der Waals surface area (Å²) < 4.78 is 16.8. The molecular formula is C31H32N2O7. The number of carboxylic acids is 1. The van der Waals surface area contributed by atoms with Gasteiger partial charge in [-0.3, -0.25) is 4.79 Å². The number of carbonyl (C=O) groups is 3. The highest BCUT2D eigenvalue weighted by Crippen LogP contribution is 2.44. The highest BCUT2D eigenvalue weighted by atomic mass is 16.5. The van der Waals surface area contributed by atoms with E-state index < -0.39 is 35.7 Å². The predicted octanol–water partition coefficient (Wildman–Crippen LogP) is 3.86. The molecule has 9 heteroatoms.